The van der Waals surface area contributed by atoms with Gasteiger partial charge in [-0.15, -0.1) is 0 Å². The molecule has 0 saturated heterocycles. The molecule has 0 aliphatic carbocycles. The summed E-state index contributed by atoms with van der Waals surface area (Å²) >= 11 is 0. The predicted molar refractivity (Wildman–Crippen MR) is 112 cm³/mol. The number of hydrogen-bond donors (Lipinski definition) is 2. The van der Waals surface area contributed by atoms with Gasteiger partial charge in [0.15, 0.2) is 6.61 Å². The predicted octanol–water partition coefficient (Wildman–Crippen LogP) is 3.70. The molecule has 5 nitrogen and oxygen atoms in total. The molecular weight excluding hydrogens is 352 g/mol. The van der Waals surface area contributed by atoms with Crippen molar-refractivity contribution >= 4 is 17.6 Å². The van der Waals surface area contributed by atoms with Crippen LogP contribution in [-0.2, 0) is 21.4 Å². The van der Waals surface area contributed by atoms with Crippen molar-refractivity contribution in [3.05, 3.63) is 64.2 Å². The molecule has 0 aromatic heterocycles. The Labute approximate surface area is 167 Å². The summed E-state index contributed by atoms with van der Waals surface area (Å²) in [5.41, 5.74) is 11.6. The summed E-state index contributed by atoms with van der Waals surface area (Å²) in [4.78, 5) is 23.9. The van der Waals surface area contributed by atoms with Gasteiger partial charge in [0.25, 0.3) is 5.91 Å². The van der Waals surface area contributed by atoms with Gasteiger partial charge in [-0.25, -0.2) is 4.79 Å². The molecule has 0 saturated carbocycles. The van der Waals surface area contributed by atoms with E-state index >= 15 is 0 Å². The summed E-state index contributed by atoms with van der Waals surface area (Å²) in [7, 11) is 0. The molecule has 0 spiro atoms. The minimum atomic E-state index is -0.542. The van der Waals surface area contributed by atoms with Crippen LogP contribution in [0.2, 0.25) is 0 Å². The van der Waals surface area contributed by atoms with Crippen LogP contribution in [0.1, 0.15) is 53.4 Å². The molecule has 3 N–H and O–H groups in total. The van der Waals surface area contributed by atoms with E-state index in [-0.39, 0.29) is 17.9 Å². The number of esters is 1. The van der Waals surface area contributed by atoms with E-state index in [1.807, 2.05) is 0 Å². The molecular formula is C23H30N2O3. The van der Waals surface area contributed by atoms with Gasteiger partial charge in [0.2, 0.25) is 0 Å². The highest BCUT2D eigenvalue weighted by molar-refractivity contribution is 5.91. The third-order valence-electron chi connectivity index (χ3n) is 4.74. The maximum absolute atomic E-state index is 12.0. The first-order valence-corrected chi connectivity index (χ1v) is 9.48. The van der Waals surface area contributed by atoms with Gasteiger partial charge in [0.05, 0.1) is 5.56 Å². The van der Waals surface area contributed by atoms with Gasteiger partial charge in [-0.1, -0.05) is 32.9 Å². The normalized spacial score (nSPS) is 11.2. The molecule has 0 unspecified atom stereocenters. The van der Waals surface area contributed by atoms with E-state index in [4.69, 9.17) is 10.5 Å². The highest BCUT2D eigenvalue weighted by Gasteiger charge is 2.16. The molecule has 1 amide bonds. The monoisotopic (exact) mass is 382 g/mol. The van der Waals surface area contributed by atoms with Crippen molar-refractivity contribution in [1.29, 1.82) is 0 Å². The summed E-state index contributed by atoms with van der Waals surface area (Å²) in [6, 6.07) is 10.8. The van der Waals surface area contributed by atoms with E-state index in [9.17, 15) is 9.59 Å². The van der Waals surface area contributed by atoms with E-state index in [1.54, 1.807) is 24.3 Å². The van der Waals surface area contributed by atoms with Crippen molar-refractivity contribution in [2.45, 2.75) is 46.5 Å². The number of nitrogen functional groups attached to an aromatic ring is 1. The van der Waals surface area contributed by atoms with Crippen LogP contribution < -0.4 is 11.1 Å². The maximum atomic E-state index is 12.0. The van der Waals surface area contributed by atoms with Gasteiger partial charge in [0, 0.05) is 12.2 Å². The standard InChI is InChI=1S/C23H30N2O3/c1-15-12-18(23(3,4)5)13-16(2)20(15)10-11-25-21(26)14-28-22(27)17-6-8-19(24)9-7-17/h6-9,12-13H,10-11,14,24H2,1-5H3,(H,25,26). The number of carbonyl (C=O) groups is 2. The number of hydrogen-bond acceptors (Lipinski definition) is 4. The van der Waals surface area contributed by atoms with Crippen LogP contribution in [-0.4, -0.2) is 25.0 Å². The Morgan fingerprint density at radius 3 is 2.14 bits per heavy atom. The van der Waals surface area contributed by atoms with E-state index in [2.05, 4.69) is 52.1 Å². The van der Waals surface area contributed by atoms with Crippen LogP contribution in [0.25, 0.3) is 0 Å². The summed E-state index contributed by atoms with van der Waals surface area (Å²) in [6.07, 6.45) is 0.736. The maximum Gasteiger partial charge on any atom is 0.338 e. The molecule has 0 heterocycles. The third kappa shape index (κ3) is 5.84. The zero-order valence-corrected chi connectivity index (χ0v) is 17.4. The van der Waals surface area contributed by atoms with E-state index in [1.165, 1.54) is 22.3 Å². The quantitative estimate of drug-likeness (QED) is 0.590. The van der Waals surface area contributed by atoms with Crippen LogP contribution in [0.5, 0.6) is 0 Å². The van der Waals surface area contributed by atoms with Gasteiger partial charge in [-0.05, 0) is 72.2 Å². The molecule has 0 fully saturated rings. The fraction of sp³-hybridized carbons (Fsp3) is 0.391. The molecule has 0 aliphatic rings. The minimum Gasteiger partial charge on any atom is -0.452 e. The summed E-state index contributed by atoms with van der Waals surface area (Å²) < 4.78 is 5.04. The van der Waals surface area contributed by atoms with Gasteiger partial charge in [-0.2, -0.15) is 0 Å². The van der Waals surface area contributed by atoms with Crippen molar-refractivity contribution in [3.63, 3.8) is 0 Å². The second-order valence-corrected chi connectivity index (χ2v) is 8.14. The number of benzene rings is 2. The number of rotatable bonds is 6. The van der Waals surface area contributed by atoms with Crippen LogP contribution >= 0.6 is 0 Å². The molecule has 0 bridgehead atoms. The molecule has 2 aromatic rings. The summed E-state index contributed by atoms with van der Waals surface area (Å²) in [5.74, 6) is -0.856. The molecule has 0 aliphatic heterocycles. The third-order valence-corrected chi connectivity index (χ3v) is 4.74. The highest BCUT2D eigenvalue weighted by atomic mass is 16.5. The number of carbonyl (C=O) groups excluding carboxylic acids is 2. The molecule has 2 aromatic carbocycles. The first-order valence-electron chi connectivity index (χ1n) is 9.48. The van der Waals surface area contributed by atoms with Gasteiger partial charge >= 0.3 is 5.97 Å². The average Bonchev–Trinajstić information content (AvgIpc) is 2.61. The van der Waals surface area contributed by atoms with Crippen LogP contribution in [0.3, 0.4) is 0 Å². The number of nitrogens with one attached hydrogen (secondary N) is 1. The zero-order valence-electron chi connectivity index (χ0n) is 17.4. The fourth-order valence-corrected chi connectivity index (χ4v) is 3.03. The van der Waals surface area contributed by atoms with Crippen molar-refractivity contribution in [1.82, 2.24) is 5.32 Å². The smallest absolute Gasteiger partial charge is 0.338 e. The minimum absolute atomic E-state index is 0.108. The van der Waals surface area contributed by atoms with E-state index < -0.39 is 5.97 Å². The lowest BCUT2D eigenvalue weighted by molar-refractivity contribution is -0.124. The molecule has 2 rings (SSSR count). The average molecular weight is 383 g/mol. The number of amides is 1. The van der Waals surface area contributed by atoms with Crippen molar-refractivity contribution in [2.24, 2.45) is 0 Å². The van der Waals surface area contributed by atoms with Crippen molar-refractivity contribution < 1.29 is 14.3 Å². The molecule has 0 atom stereocenters. The van der Waals surface area contributed by atoms with Crippen LogP contribution in [0.4, 0.5) is 5.69 Å². The number of aryl methyl sites for hydroxylation is 2. The van der Waals surface area contributed by atoms with Crippen LogP contribution in [0.15, 0.2) is 36.4 Å². The Morgan fingerprint density at radius 1 is 1.04 bits per heavy atom. The van der Waals surface area contributed by atoms with Gasteiger partial charge in [0.1, 0.15) is 0 Å². The lowest BCUT2D eigenvalue weighted by Gasteiger charge is -2.22. The van der Waals surface area contributed by atoms with E-state index in [0.717, 1.165) is 6.42 Å². The Hall–Kier alpha value is -2.82. The lowest BCUT2D eigenvalue weighted by Crippen LogP contribution is -2.30. The largest absolute Gasteiger partial charge is 0.452 e. The Balaban J connectivity index is 1.84. The van der Waals surface area contributed by atoms with E-state index in [0.29, 0.717) is 17.8 Å². The number of ether oxygens (including phenoxy) is 1. The fourth-order valence-electron chi connectivity index (χ4n) is 3.03. The number of anilines is 1. The Kier molecular flexibility index (Phi) is 6.84. The summed E-state index contributed by atoms with van der Waals surface area (Å²) in [5, 5.41) is 2.81. The summed E-state index contributed by atoms with van der Waals surface area (Å²) in [6.45, 7) is 11.0. The molecule has 5 heteroatoms. The number of nitrogens with two attached hydrogens (primary N) is 1. The zero-order chi connectivity index (χ0) is 20.9. The van der Waals surface area contributed by atoms with Crippen LogP contribution in [0, 0.1) is 13.8 Å². The molecule has 150 valence electrons. The molecule has 28 heavy (non-hydrogen) atoms. The second-order valence-electron chi connectivity index (χ2n) is 8.14. The SMILES string of the molecule is Cc1cc(C(C)(C)C)cc(C)c1CCNC(=O)COC(=O)c1ccc(N)cc1. The first-order chi connectivity index (χ1) is 13.1. The molecule has 0 radical (unpaired) electrons. The van der Waals surface area contributed by atoms with Gasteiger partial charge < -0.3 is 15.8 Å². The first kappa shape index (κ1) is 21.5. The highest BCUT2D eigenvalue weighted by Crippen LogP contribution is 2.27. The van der Waals surface area contributed by atoms with Crippen molar-refractivity contribution in [3.8, 4) is 0 Å². The van der Waals surface area contributed by atoms with Crippen molar-refractivity contribution in [2.75, 3.05) is 18.9 Å². The van der Waals surface area contributed by atoms with Gasteiger partial charge in [-0.3, -0.25) is 4.79 Å². The Bertz CT molecular complexity index is 826. The lowest BCUT2D eigenvalue weighted by atomic mass is 9.83. The topological polar surface area (TPSA) is 81.4 Å². The Morgan fingerprint density at radius 2 is 1.61 bits per heavy atom. The second kappa shape index (κ2) is 8.91.